The SMILES string of the molecule is COc1ccc(Cl)cc1NC(=O)[C@H](Cc1ccccc1)N1C(=O)[C@H]2[C@H](C1=O)C1(Cl)c3ccccc3C2(Cl)c2ccccc21. The molecule has 0 aromatic heterocycles. The molecule has 1 fully saturated rings. The van der Waals surface area contributed by atoms with Gasteiger partial charge >= 0.3 is 0 Å². The monoisotopic (exact) mass is 630 g/mol. The first-order valence-electron chi connectivity index (χ1n) is 13.8. The van der Waals surface area contributed by atoms with Crippen LogP contribution in [0.15, 0.2) is 97.1 Å². The number of nitrogens with one attached hydrogen (secondary N) is 1. The second kappa shape index (κ2) is 10.1. The molecule has 2 bridgehead atoms. The third kappa shape index (κ3) is 3.90. The van der Waals surface area contributed by atoms with Gasteiger partial charge in [0.25, 0.3) is 0 Å². The number of rotatable bonds is 6. The van der Waals surface area contributed by atoms with Crippen LogP contribution in [0.5, 0.6) is 5.75 Å². The van der Waals surface area contributed by atoms with E-state index in [1.807, 2.05) is 78.9 Å². The molecule has 4 aromatic carbocycles. The molecule has 1 saturated heterocycles. The molecule has 3 amide bonds. The van der Waals surface area contributed by atoms with Crippen LogP contribution >= 0.6 is 34.8 Å². The Balaban J connectivity index is 1.36. The van der Waals surface area contributed by atoms with Gasteiger partial charge in [-0.3, -0.25) is 19.3 Å². The zero-order chi connectivity index (χ0) is 30.1. The van der Waals surface area contributed by atoms with Crippen molar-refractivity contribution in [3.8, 4) is 5.75 Å². The first-order valence-corrected chi connectivity index (χ1v) is 15.0. The minimum atomic E-state index is -1.35. The molecule has 9 heteroatoms. The van der Waals surface area contributed by atoms with Crippen LogP contribution in [0.4, 0.5) is 5.69 Å². The van der Waals surface area contributed by atoms with Gasteiger partial charge in [-0.25, -0.2) is 0 Å². The lowest BCUT2D eigenvalue weighted by Gasteiger charge is -2.54. The number of hydrogen-bond acceptors (Lipinski definition) is 4. The molecule has 0 radical (unpaired) electrons. The zero-order valence-corrected chi connectivity index (χ0v) is 25.2. The van der Waals surface area contributed by atoms with Gasteiger partial charge in [0, 0.05) is 11.4 Å². The van der Waals surface area contributed by atoms with Crippen LogP contribution < -0.4 is 10.1 Å². The quantitative estimate of drug-likeness (QED) is 0.195. The van der Waals surface area contributed by atoms with Crippen LogP contribution in [0.3, 0.4) is 0 Å². The largest absolute Gasteiger partial charge is 0.495 e. The number of carbonyl (C=O) groups is 3. The maximum Gasteiger partial charge on any atom is 0.248 e. The molecule has 1 aliphatic heterocycles. The van der Waals surface area contributed by atoms with Gasteiger partial charge < -0.3 is 10.1 Å². The Morgan fingerprint density at radius 1 is 0.814 bits per heavy atom. The molecular formula is C34H25Cl3N2O4. The number of benzene rings is 4. The van der Waals surface area contributed by atoms with E-state index < -0.39 is 45.3 Å². The number of carbonyl (C=O) groups excluding carboxylic acids is 3. The Bertz CT molecular complexity index is 1690. The summed E-state index contributed by atoms with van der Waals surface area (Å²) in [5, 5.41) is 3.24. The highest BCUT2D eigenvalue weighted by molar-refractivity contribution is 6.36. The second-order valence-electron chi connectivity index (χ2n) is 11.1. The van der Waals surface area contributed by atoms with E-state index in [2.05, 4.69) is 5.32 Å². The number of halogens is 3. The first kappa shape index (κ1) is 28.0. The molecule has 8 rings (SSSR count). The molecular weight excluding hydrogens is 607 g/mol. The number of hydrogen-bond donors (Lipinski definition) is 1. The van der Waals surface area contributed by atoms with Gasteiger partial charge in [0.2, 0.25) is 17.7 Å². The van der Waals surface area contributed by atoms with Gasteiger partial charge in [-0.2, -0.15) is 0 Å². The Kier molecular flexibility index (Phi) is 6.58. The molecule has 216 valence electrons. The molecule has 1 heterocycles. The smallest absolute Gasteiger partial charge is 0.248 e. The van der Waals surface area contributed by atoms with Crippen molar-refractivity contribution in [3.63, 3.8) is 0 Å². The molecule has 6 nitrogen and oxygen atoms in total. The topological polar surface area (TPSA) is 75.7 Å². The fourth-order valence-corrected chi connectivity index (χ4v) is 8.40. The first-order chi connectivity index (χ1) is 20.7. The van der Waals surface area contributed by atoms with Crippen molar-refractivity contribution < 1.29 is 19.1 Å². The average Bonchev–Trinajstić information content (AvgIpc) is 3.29. The summed E-state index contributed by atoms with van der Waals surface area (Å²) in [6.45, 7) is 0. The third-order valence-corrected chi connectivity index (χ3v) is 10.4. The second-order valence-corrected chi connectivity index (χ2v) is 12.7. The van der Waals surface area contributed by atoms with Crippen molar-refractivity contribution >= 4 is 58.2 Å². The summed E-state index contributed by atoms with van der Waals surface area (Å²) in [4.78, 5) is 41.7. The normalized spacial score (nSPS) is 25.5. The number of methoxy groups -OCH3 is 1. The number of ether oxygens (including phenoxy) is 1. The summed E-state index contributed by atoms with van der Waals surface area (Å²) < 4.78 is 5.42. The Hall–Kier alpha value is -3.84. The Morgan fingerprint density at radius 2 is 1.30 bits per heavy atom. The summed E-state index contributed by atoms with van der Waals surface area (Å²) in [5.74, 6) is -3.29. The van der Waals surface area contributed by atoms with Crippen LogP contribution in [0.1, 0.15) is 27.8 Å². The molecule has 0 spiro atoms. The number of imide groups is 1. The summed E-state index contributed by atoms with van der Waals surface area (Å²) in [6, 6.07) is 27.7. The highest BCUT2D eigenvalue weighted by Gasteiger charge is 2.73. The fourth-order valence-electron chi connectivity index (χ4n) is 7.13. The standard InChI is InChI=1S/C34H25Cl3N2O4/c1-43-27-16-15-20(35)18-25(27)38-30(40)26(17-19-9-3-2-4-10-19)39-31(41)28-29(32(39)42)34(37)22-12-6-5-11-21(22)33(28,36)23-13-7-8-14-24(23)34/h2-16,18,26,28-29H,17H2,1H3,(H,38,40)/t26-,28+,29+,33?,34?/m0/s1. The minimum absolute atomic E-state index is 0.0803. The fraction of sp³-hybridized carbons (Fsp3) is 0.206. The van der Waals surface area contributed by atoms with E-state index in [0.717, 1.165) is 10.5 Å². The number of nitrogens with zero attached hydrogens (tertiary/aromatic N) is 1. The van der Waals surface area contributed by atoms with Gasteiger partial charge in [0.15, 0.2) is 0 Å². The van der Waals surface area contributed by atoms with E-state index in [4.69, 9.17) is 39.5 Å². The van der Waals surface area contributed by atoms with E-state index in [9.17, 15) is 14.4 Å². The van der Waals surface area contributed by atoms with Crippen molar-refractivity contribution in [2.75, 3.05) is 12.4 Å². The summed E-state index contributed by atoms with van der Waals surface area (Å²) in [5.41, 5.74) is 3.87. The van der Waals surface area contributed by atoms with E-state index in [1.54, 1.807) is 18.2 Å². The van der Waals surface area contributed by atoms with E-state index in [-0.39, 0.29) is 6.42 Å². The number of alkyl halides is 2. The number of likely N-dealkylation sites (tertiary alicyclic amines) is 1. The summed E-state index contributed by atoms with van der Waals surface area (Å²) in [7, 11) is 1.48. The van der Waals surface area contributed by atoms with E-state index in [0.29, 0.717) is 38.7 Å². The van der Waals surface area contributed by atoms with Crippen molar-refractivity contribution in [1.29, 1.82) is 0 Å². The van der Waals surface area contributed by atoms with Gasteiger partial charge in [-0.15, -0.1) is 23.2 Å². The predicted molar refractivity (Wildman–Crippen MR) is 166 cm³/mol. The highest BCUT2D eigenvalue weighted by Crippen LogP contribution is 2.69. The van der Waals surface area contributed by atoms with E-state index >= 15 is 0 Å². The van der Waals surface area contributed by atoms with Gasteiger partial charge in [-0.05, 0) is 46.0 Å². The molecule has 43 heavy (non-hydrogen) atoms. The van der Waals surface area contributed by atoms with Gasteiger partial charge in [0.05, 0.1) is 24.6 Å². The maximum atomic E-state index is 14.6. The third-order valence-electron chi connectivity index (χ3n) is 8.93. The lowest BCUT2D eigenvalue weighted by Crippen LogP contribution is -2.57. The lowest BCUT2D eigenvalue weighted by molar-refractivity contribution is -0.146. The molecule has 1 N–H and O–H groups in total. The summed E-state index contributed by atoms with van der Waals surface area (Å²) >= 11 is 21.4. The number of amides is 3. The molecule has 4 aliphatic rings. The van der Waals surface area contributed by atoms with E-state index in [1.165, 1.54) is 7.11 Å². The minimum Gasteiger partial charge on any atom is -0.495 e. The van der Waals surface area contributed by atoms with Crippen molar-refractivity contribution in [1.82, 2.24) is 4.90 Å². The van der Waals surface area contributed by atoms with Gasteiger partial charge in [-0.1, -0.05) is 90.5 Å². The molecule has 0 unspecified atom stereocenters. The van der Waals surface area contributed by atoms with Crippen LogP contribution in [0.25, 0.3) is 0 Å². The van der Waals surface area contributed by atoms with Crippen molar-refractivity contribution in [3.05, 3.63) is 130 Å². The van der Waals surface area contributed by atoms with Crippen LogP contribution in [0, 0.1) is 11.8 Å². The molecule has 3 atom stereocenters. The summed E-state index contributed by atoms with van der Waals surface area (Å²) in [6.07, 6.45) is 0.0803. The Morgan fingerprint density at radius 3 is 1.79 bits per heavy atom. The Labute approximate surface area is 263 Å². The van der Waals surface area contributed by atoms with Gasteiger partial charge in [0.1, 0.15) is 21.5 Å². The molecule has 0 saturated carbocycles. The molecule has 3 aliphatic carbocycles. The average molecular weight is 632 g/mol. The maximum absolute atomic E-state index is 14.6. The molecule has 4 aromatic rings. The lowest BCUT2D eigenvalue weighted by atomic mass is 9.54. The van der Waals surface area contributed by atoms with Crippen LogP contribution in [-0.4, -0.2) is 35.8 Å². The van der Waals surface area contributed by atoms with Crippen LogP contribution in [-0.2, 0) is 30.6 Å². The highest BCUT2D eigenvalue weighted by atomic mass is 35.5. The number of anilines is 1. The zero-order valence-electron chi connectivity index (χ0n) is 22.9. The van der Waals surface area contributed by atoms with Crippen LogP contribution in [0.2, 0.25) is 5.02 Å². The van der Waals surface area contributed by atoms with Crippen molar-refractivity contribution in [2.45, 2.75) is 22.2 Å². The predicted octanol–water partition coefficient (Wildman–Crippen LogP) is 6.49. The van der Waals surface area contributed by atoms with Crippen molar-refractivity contribution in [2.24, 2.45) is 11.8 Å².